The number of aromatic nitrogens is 1. The van der Waals surface area contributed by atoms with E-state index in [-0.39, 0.29) is 6.04 Å². The first-order chi connectivity index (χ1) is 8.13. The molecule has 17 heavy (non-hydrogen) atoms. The Morgan fingerprint density at radius 1 is 1.53 bits per heavy atom. The molecule has 0 aliphatic rings. The number of unbranched alkanes of at least 4 members (excludes halogenated alkanes) is 2. The van der Waals surface area contributed by atoms with Crippen LogP contribution in [0.3, 0.4) is 0 Å². The molecule has 0 amide bonds. The Kier molecular flexibility index (Phi) is 6.44. The lowest BCUT2D eigenvalue weighted by molar-refractivity contribution is -0.118. The van der Waals surface area contributed by atoms with E-state index in [1.54, 1.807) is 6.20 Å². The molecule has 1 aromatic heterocycles. The second-order valence-corrected chi connectivity index (χ2v) is 4.88. The summed E-state index contributed by atoms with van der Waals surface area (Å²) in [4.78, 5) is 15.1. The molecule has 0 saturated carbocycles. The standard InChI is InChI=1S/C12H19BrN2O2/c1-2-9(16)6-4-3-5-7-10(14)12-15-8-11(13)17-12/h8,10H,2-7,14H2,1H3. The normalized spacial score (nSPS) is 12.6. The Bertz CT molecular complexity index is 352. The molecule has 0 aromatic carbocycles. The van der Waals surface area contributed by atoms with Crippen molar-refractivity contribution in [3.05, 3.63) is 16.8 Å². The zero-order valence-electron chi connectivity index (χ0n) is 10.1. The molecule has 1 aromatic rings. The first kappa shape index (κ1) is 14.4. The molecule has 0 aliphatic carbocycles. The van der Waals surface area contributed by atoms with Gasteiger partial charge in [0.15, 0.2) is 4.67 Å². The van der Waals surface area contributed by atoms with Crippen LogP contribution in [0.15, 0.2) is 15.3 Å². The minimum atomic E-state index is -0.150. The lowest BCUT2D eigenvalue weighted by atomic mass is 10.1. The van der Waals surface area contributed by atoms with Gasteiger partial charge >= 0.3 is 0 Å². The van der Waals surface area contributed by atoms with Crippen molar-refractivity contribution >= 4 is 21.7 Å². The summed E-state index contributed by atoms with van der Waals surface area (Å²) in [7, 11) is 0. The van der Waals surface area contributed by atoms with E-state index >= 15 is 0 Å². The fourth-order valence-electron chi connectivity index (χ4n) is 1.60. The number of hydrogen-bond donors (Lipinski definition) is 1. The number of hydrogen-bond acceptors (Lipinski definition) is 4. The zero-order valence-corrected chi connectivity index (χ0v) is 11.7. The fourth-order valence-corrected chi connectivity index (χ4v) is 1.87. The highest BCUT2D eigenvalue weighted by molar-refractivity contribution is 9.10. The van der Waals surface area contributed by atoms with Gasteiger partial charge in [-0.3, -0.25) is 4.79 Å². The van der Waals surface area contributed by atoms with Gasteiger partial charge in [0.25, 0.3) is 0 Å². The van der Waals surface area contributed by atoms with Crippen molar-refractivity contribution in [3.63, 3.8) is 0 Å². The molecule has 96 valence electrons. The molecule has 1 heterocycles. The van der Waals surface area contributed by atoms with E-state index in [0.29, 0.717) is 29.2 Å². The van der Waals surface area contributed by atoms with Crippen molar-refractivity contribution in [3.8, 4) is 0 Å². The number of rotatable bonds is 8. The number of Topliss-reactive ketones (excluding diaryl/α,β-unsaturated/α-hetero) is 1. The maximum absolute atomic E-state index is 11.1. The van der Waals surface area contributed by atoms with Crippen molar-refractivity contribution < 1.29 is 9.21 Å². The molecule has 4 nitrogen and oxygen atoms in total. The van der Waals surface area contributed by atoms with Gasteiger partial charge < -0.3 is 10.2 Å². The third-order valence-electron chi connectivity index (χ3n) is 2.68. The van der Waals surface area contributed by atoms with E-state index in [0.717, 1.165) is 25.7 Å². The summed E-state index contributed by atoms with van der Waals surface area (Å²) < 4.78 is 5.89. The van der Waals surface area contributed by atoms with Gasteiger partial charge in [-0.1, -0.05) is 19.8 Å². The molecule has 5 heteroatoms. The van der Waals surface area contributed by atoms with Crippen molar-refractivity contribution in [1.82, 2.24) is 4.98 Å². The van der Waals surface area contributed by atoms with Gasteiger partial charge in [-0.25, -0.2) is 4.98 Å². The second kappa shape index (κ2) is 7.61. The molecule has 0 aliphatic heterocycles. The Hall–Kier alpha value is -0.680. The number of halogens is 1. The van der Waals surface area contributed by atoms with Gasteiger partial charge in [-0.15, -0.1) is 0 Å². The van der Waals surface area contributed by atoms with Crippen LogP contribution in [-0.2, 0) is 4.79 Å². The van der Waals surface area contributed by atoms with Crippen LogP contribution in [-0.4, -0.2) is 10.8 Å². The first-order valence-electron chi connectivity index (χ1n) is 6.02. The molecule has 1 atom stereocenters. The minimum Gasteiger partial charge on any atom is -0.432 e. The van der Waals surface area contributed by atoms with Crippen molar-refractivity contribution in [2.45, 2.75) is 51.5 Å². The Labute approximate surface area is 110 Å². The Morgan fingerprint density at radius 2 is 2.29 bits per heavy atom. The van der Waals surface area contributed by atoms with Crippen molar-refractivity contribution in [1.29, 1.82) is 0 Å². The largest absolute Gasteiger partial charge is 0.432 e. The molecular weight excluding hydrogens is 284 g/mol. The molecule has 1 unspecified atom stereocenters. The van der Waals surface area contributed by atoms with Gasteiger partial charge in [0.05, 0.1) is 12.2 Å². The highest BCUT2D eigenvalue weighted by Gasteiger charge is 2.11. The van der Waals surface area contributed by atoms with Crippen LogP contribution >= 0.6 is 15.9 Å². The van der Waals surface area contributed by atoms with Gasteiger partial charge in [0.2, 0.25) is 5.89 Å². The van der Waals surface area contributed by atoms with Crippen LogP contribution in [0, 0.1) is 0 Å². The van der Waals surface area contributed by atoms with E-state index < -0.39 is 0 Å². The number of carbonyl (C=O) groups excluding carboxylic acids is 1. The number of carbonyl (C=O) groups is 1. The Balaban J connectivity index is 2.12. The van der Waals surface area contributed by atoms with Crippen LogP contribution < -0.4 is 5.73 Å². The van der Waals surface area contributed by atoms with Gasteiger partial charge in [-0.05, 0) is 28.8 Å². The maximum atomic E-state index is 11.1. The molecular formula is C12H19BrN2O2. The quantitative estimate of drug-likeness (QED) is 0.748. The van der Waals surface area contributed by atoms with Gasteiger partial charge in [-0.2, -0.15) is 0 Å². The monoisotopic (exact) mass is 302 g/mol. The lowest BCUT2D eigenvalue weighted by Crippen LogP contribution is -2.10. The minimum absolute atomic E-state index is 0.150. The third-order valence-corrected chi connectivity index (χ3v) is 3.04. The molecule has 0 saturated heterocycles. The number of oxazole rings is 1. The fraction of sp³-hybridized carbons (Fsp3) is 0.667. The second-order valence-electron chi connectivity index (χ2n) is 4.10. The molecule has 0 fully saturated rings. The third kappa shape index (κ3) is 5.46. The smallest absolute Gasteiger partial charge is 0.212 e. The average molecular weight is 303 g/mol. The molecule has 0 spiro atoms. The predicted octanol–water partition coefficient (Wildman–Crippen LogP) is 3.37. The highest BCUT2D eigenvalue weighted by Crippen LogP contribution is 2.20. The summed E-state index contributed by atoms with van der Waals surface area (Å²) >= 11 is 3.20. The SMILES string of the molecule is CCC(=O)CCCCCC(N)c1ncc(Br)o1. The first-order valence-corrected chi connectivity index (χ1v) is 6.81. The van der Waals surface area contributed by atoms with Gasteiger partial charge in [0, 0.05) is 12.8 Å². The Morgan fingerprint density at radius 3 is 2.88 bits per heavy atom. The summed E-state index contributed by atoms with van der Waals surface area (Å²) in [5.74, 6) is 0.910. The van der Waals surface area contributed by atoms with E-state index in [9.17, 15) is 4.79 Å². The van der Waals surface area contributed by atoms with Crippen molar-refractivity contribution in [2.24, 2.45) is 5.73 Å². The molecule has 1 rings (SSSR count). The molecule has 2 N–H and O–H groups in total. The van der Waals surface area contributed by atoms with E-state index in [4.69, 9.17) is 10.2 Å². The summed E-state index contributed by atoms with van der Waals surface area (Å²) in [5.41, 5.74) is 5.93. The van der Waals surface area contributed by atoms with Crippen LogP contribution in [0.25, 0.3) is 0 Å². The summed E-state index contributed by atoms with van der Waals surface area (Å²) in [6.07, 6.45) is 6.76. The van der Waals surface area contributed by atoms with Gasteiger partial charge in [0.1, 0.15) is 5.78 Å². The van der Waals surface area contributed by atoms with Crippen LogP contribution in [0.2, 0.25) is 0 Å². The summed E-state index contributed by atoms with van der Waals surface area (Å²) in [6.45, 7) is 1.90. The van der Waals surface area contributed by atoms with Crippen LogP contribution in [0.4, 0.5) is 0 Å². The topological polar surface area (TPSA) is 69.1 Å². The highest BCUT2D eigenvalue weighted by atomic mass is 79.9. The van der Waals surface area contributed by atoms with Crippen molar-refractivity contribution in [2.75, 3.05) is 0 Å². The number of nitrogens with zero attached hydrogens (tertiary/aromatic N) is 1. The lowest BCUT2D eigenvalue weighted by Gasteiger charge is -2.06. The summed E-state index contributed by atoms with van der Waals surface area (Å²) in [6, 6.07) is -0.150. The average Bonchev–Trinajstić information content (AvgIpc) is 2.75. The predicted molar refractivity (Wildman–Crippen MR) is 69.5 cm³/mol. The number of ketones is 1. The molecule has 0 bridgehead atoms. The summed E-state index contributed by atoms with van der Waals surface area (Å²) in [5, 5.41) is 0. The zero-order chi connectivity index (χ0) is 12.7. The van der Waals surface area contributed by atoms with Crippen LogP contribution in [0.1, 0.15) is 57.4 Å². The van der Waals surface area contributed by atoms with E-state index in [2.05, 4.69) is 20.9 Å². The number of nitrogens with two attached hydrogens (primary N) is 1. The molecule has 0 radical (unpaired) electrons. The van der Waals surface area contributed by atoms with E-state index in [1.165, 1.54) is 0 Å². The van der Waals surface area contributed by atoms with E-state index in [1.807, 2.05) is 6.92 Å². The van der Waals surface area contributed by atoms with Crippen LogP contribution in [0.5, 0.6) is 0 Å². The maximum Gasteiger partial charge on any atom is 0.212 e.